The summed E-state index contributed by atoms with van der Waals surface area (Å²) in [6, 6.07) is 3.94. The van der Waals surface area contributed by atoms with Crippen LogP contribution in [0, 0.1) is 5.92 Å². The lowest BCUT2D eigenvalue weighted by Crippen LogP contribution is -2.72. The van der Waals surface area contributed by atoms with E-state index in [0.717, 1.165) is 31.6 Å². The highest BCUT2D eigenvalue weighted by Crippen LogP contribution is 2.39. The monoisotopic (exact) mass is 581 g/mol. The molecule has 0 saturated carbocycles. The van der Waals surface area contributed by atoms with E-state index in [0.29, 0.717) is 25.6 Å². The maximum Gasteiger partial charge on any atom is 0.490 e. The van der Waals surface area contributed by atoms with Crippen LogP contribution in [0.5, 0.6) is 0 Å². The highest BCUT2D eigenvalue weighted by Gasteiger charge is 2.52. The predicted molar refractivity (Wildman–Crippen MR) is 120 cm³/mol. The molecule has 10 nitrogen and oxygen atoms in total. The molecule has 218 valence electrons. The van der Waals surface area contributed by atoms with E-state index in [1.54, 1.807) is 23.6 Å². The van der Waals surface area contributed by atoms with Crippen LogP contribution in [0.4, 0.5) is 26.3 Å². The topological polar surface area (TPSA) is 137 Å². The Balaban J connectivity index is 0.000000426. The SMILES string of the molecule is CCS(=O)(=O)N1CC2(CC(COCc3ccncc3)CCN2C)C1.O=C(O)C(F)(F)F.O=C(O)C(F)(F)F. The Morgan fingerprint density at radius 3 is 1.97 bits per heavy atom. The molecule has 0 aromatic carbocycles. The van der Waals surface area contributed by atoms with Gasteiger partial charge in [-0.3, -0.25) is 9.88 Å². The molecule has 38 heavy (non-hydrogen) atoms. The van der Waals surface area contributed by atoms with Gasteiger partial charge in [-0.05, 0) is 57.0 Å². The fourth-order valence-electron chi connectivity index (χ4n) is 3.73. The predicted octanol–water partition coefficient (Wildman–Crippen LogP) is 2.61. The molecule has 3 heterocycles. The maximum absolute atomic E-state index is 12.0. The van der Waals surface area contributed by atoms with Crippen LogP contribution in [0.15, 0.2) is 24.5 Å². The number of carbonyl (C=O) groups is 2. The summed E-state index contributed by atoms with van der Waals surface area (Å²) in [6.45, 7) is 5.31. The molecule has 2 aliphatic heterocycles. The van der Waals surface area contributed by atoms with Crippen molar-refractivity contribution in [3.63, 3.8) is 0 Å². The zero-order valence-electron chi connectivity index (χ0n) is 20.5. The Labute approximate surface area is 215 Å². The lowest BCUT2D eigenvalue weighted by atomic mass is 9.77. The lowest BCUT2D eigenvalue weighted by molar-refractivity contribution is -0.193. The van der Waals surface area contributed by atoms with E-state index in [9.17, 15) is 34.8 Å². The lowest BCUT2D eigenvalue weighted by Gasteiger charge is -2.57. The highest BCUT2D eigenvalue weighted by atomic mass is 32.2. The van der Waals surface area contributed by atoms with Crippen LogP contribution in [0.2, 0.25) is 0 Å². The van der Waals surface area contributed by atoms with Gasteiger partial charge in [-0.1, -0.05) is 0 Å². The zero-order chi connectivity index (χ0) is 29.4. The minimum Gasteiger partial charge on any atom is -0.475 e. The van der Waals surface area contributed by atoms with Gasteiger partial charge in [0.2, 0.25) is 10.0 Å². The number of hydrogen-bond acceptors (Lipinski definition) is 7. The summed E-state index contributed by atoms with van der Waals surface area (Å²) >= 11 is 0. The Kier molecular flexibility index (Phi) is 11.9. The number of hydrogen-bond donors (Lipinski definition) is 2. The molecule has 1 unspecified atom stereocenters. The van der Waals surface area contributed by atoms with E-state index in [-0.39, 0.29) is 11.3 Å². The van der Waals surface area contributed by atoms with Crippen LogP contribution >= 0.6 is 0 Å². The minimum atomic E-state index is -5.08. The minimum absolute atomic E-state index is 0.00514. The van der Waals surface area contributed by atoms with Crippen LogP contribution in [0.25, 0.3) is 0 Å². The Bertz CT molecular complexity index is 992. The second kappa shape index (κ2) is 13.5. The number of piperidine rings is 1. The smallest absolute Gasteiger partial charge is 0.475 e. The molecule has 2 N–H and O–H groups in total. The average Bonchev–Trinajstić information content (AvgIpc) is 2.79. The van der Waals surface area contributed by atoms with Gasteiger partial charge in [0.15, 0.2) is 0 Å². The van der Waals surface area contributed by atoms with Crippen molar-refractivity contribution in [1.82, 2.24) is 14.2 Å². The molecular weight excluding hydrogens is 552 g/mol. The van der Waals surface area contributed by atoms with Gasteiger partial charge >= 0.3 is 24.3 Å². The van der Waals surface area contributed by atoms with Gasteiger partial charge in [0.1, 0.15) is 0 Å². The first-order valence-electron chi connectivity index (χ1n) is 11.1. The van der Waals surface area contributed by atoms with Crippen molar-refractivity contribution in [2.24, 2.45) is 5.92 Å². The van der Waals surface area contributed by atoms with E-state index in [1.807, 2.05) is 12.1 Å². The highest BCUT2D eigenvalue weighted by molar-refractivity contribution is 7.89. The summed E-state index contributed by atoms with van der Waals surface area (Å²) in [5, 5.41) is 14.2. The van der Waals surface area contributed by atoms with Gasteiger partial charge in [-0.2, -0.15) is 30.6 Å². The Morgan fingerprint density at radius 2 is 1.55 bits per heavy atom. The van der Waals surface area contributed by atoms with E-state index in [1.165, 1.54) is 0 Å². The van der Waals surface area contributed by atoms with Crippen LogP contribution < -0.4 is 0 Å². The van der Waals surface area contributed by atoms with Crippen molar-refractivity contribution in [1.29, 1.82) is 0 Å². The fraction of sp³-hybridized carbons (Fsp3) is 0.667. The number of sulfonamides is 1. The molecule has 2 fully saturated rings. The number of likely N-dealkylation sites (N-methyl/N-ethyl adjacent to an activating group) is 1. The Morgan fingerprint density at radius 1 is 1.08 bits per heavy atom. The number of halogens is 6. The first-order chi connectivity index (χ1) is 17.3. The van der Waals surface area contributed by atoms with E-state index >= 15 is 0 Å². The number of alkyl halides is 6. The number of aliphatic carboxylic acids is 2. The second-order valence-electron chi connectivity index (χ2n) is 8.65. The van der Waals surface area contributed by atoms with Crippen molar-refractivity contribution in [3.05, 3.63) is 30.1 Å². The molecule has 1 atom stereocenters. The van der Waals surface area contributed by atoms with Gasteiger partial charge in [-0.15, -0.1) is 0 Å². The number of nitrogens with zero attached hydrogens (tertiary/aromatic N) is 3. The first kappa shape index (κ1) is 33.5. The first-order valence-corrected chi connectivity index (χ1v) is 12.7. The molecule has 0 bridgehead atoms. The third-order valence-corrected chi connectivity index (χ3v) is 7.68. The normalized spacial score (nSPS) is 19.8. The second-order valence-corrected chi connectivity index (χ2v) is 10.9. The number of carboxylic acids is 2. The molecule has 3 rings (SSSR count). The zero-order valence-corrected chi connectivity index (χ0v) is 21.3. The number of pyridine rings is 1. The molecule has 0 radical (unpaired) electrons. The van der Waals surface area contributed by atoms with E-state index in [2.05, 4.69) is 16.9 Å². The third-order valence-electron chi connectivity index (χ3n) is 5.91. The van der Waals surface area contributed by atoms with Crippen LogP contribution in [-0.2, 0) is 31.0 Å². The molecule has 2 saturated heterocycles. The van der Waals surface area contributed by atoms with Gasteiger partial charge in [0, 0.05) is 37.6 Å². The standard InChI is InChI=1S/C17H27N3O3S.2C2HF3O2/c1-3-24(21,22)20-13-17(14-20)10-16(6-9-19(17)2)12-23-11-15-4-7-18-8-5-15;2*3-2(4,5)1(6)7/h4-5,7-8,16H,3,6,9-14H2,1-2H3;2*(H,6,7). The molecule has 1 aromatic heterocycles. The summed E-state index contributed by atoms with van der Waals surface area (Å²) in [4.78, 5) is 24.1. The molecule has 0 amide bonds. The molecule has 0 aliphatic carbocycles. The summed E-state index contributed by atoms with van der Waals surface area (Å²) < 4.78 is 95.0. The van der Waals surface area contributed by atoms with Crippen molar-refractivity contribution < 1.29 is 59.3 Å². The molecule has 17 heteroatoms. The maximum atomic E-state index is 12.0. The van der Waals surface area contributed by atoms with Crippen LogP contribution in [0.3, 0.4) is 0 Å². The summed E-state index contributed by atoms with van der Waals surface area (Å²) in [7, 11) is -0.946. The summed E-state index contributed by atoms with van der Waals surface area (Å²) in [6.07, 6.45) is -4.49. The molecule has 1 aromatic rings. The van der Waals surface area contributed by atoms with Crippen molar-refractivity contribution in [3.8, 4) is 0 Å². The van der Waals surface area contributed by atoms with Gasteiger partial charge in [-0.25, -0.2) is 18.0 Å². The summed E-state index contributed by atoms with van der Waals surface area (Å²) in [5.74, 6) is -4.83. The molecular formula is C21H29F6N3O7S. The number of carboxylic acid groups (broad SMARTS) is 2. The van der Waals surface area contributed by atoms with E-state index < -0.39 is 34.3 Å². The van der Waals surface area contributed by atoms with Gasteiger partial charge in [0.05, 0.1) is 12.4 Å². The van der Waals surface area contributed by atoms with Crippen molar-refractivity contribution in [2.75, 3.05) is 39.0 Å². The third kappa shape index (κ3) is 10.3. The number of aromatic nitrogens is 1. The van der Waals surface area contributed by atoms with Crippen LogP contribution in [-0.4, -0.2) is 102 Å². The molecule has 1 spiro atoms. The molecule has 2 aliphatic rings. The van der Waals surface area contributed by atoms with Gasteiger partial charge in [0.25, 0.3) is 0 Å². The van der Waals surface area contributed by atoms with Crippen molar-refractivity contribution in [2.45, 2.75) is 44.3 Å². The summed E-state index contributed by atoms with van der Waals surface area (Å²) in [5.41, 5.74) is 1.14. The average molecular weight is 582 g/mol. The van der Waals surface area contributed by atoms with Crippen molar-refractivity contribution >= 4 is 22.0 Å². The fourth-order valence-corrected chi connectivity index (χ4v) is 4.97. The number of rotatable bonds is 6. The van der Waals surface area contributed by atoms with E-state index in [4.69, 9.17) is 24.5 Å². The largest absolute Gasteiger partial charge is 0.490 e. The van der Waals surface area contributed by atoms with Gasteiger partial charge < -0.3 is 14.9 Å². The quantitative estimate of drug-likeness (QED) is 0.486. The number of likely N-dealkylation sites (tertiary alicyclic amines) is 1. The Hall–Kier alpha value is -2.50. The number of ether oxygens (including phenoxy) is 1. The van der Waals surface area contributed by atoms with Crippen LogP contribution in [0.1, 0.15) is 25.3 Å².